The van der Waals surface area contributed by atoms with Crippen LogP contribution in [-0.4, -0.2) is 12.1 Å². The number of benzene rings is 3. The topological polar surface area (TPSA) is 34.1 Å². The van der Waals surface area contributed by atoms with E-state index in [4.69, 9.17) is 0 Å². The summed E-state index contributed by atoms with van der Waals surface area (Å²) in [7, 11) is 0. The van der Waals surface area contributed by atoms with Crippen LogP contribution in [0.3, 0.4) is 0 Å². The van der Waals surface area contributed by atoms with Gasteiger partial charge in [0.1, 0.15) is 6.29 Å². The van der Waals surface area contributed by atoms with Crippen molar-refractivity contribution in [3.63, 3.8) is 0 Å². The zero-order valence-corrected chi connectivity index (χ0v) is 11.9. The predicted octanol–water partition coefficient (Wildman–Crippen LogP) is 4.40. The zero-order chi connectivity index (χ0) is 15.4. The zero-order valence-electron chi connectivity index (χ0n) is 11.9. The van der Waals surface area contributed by atoms with Gasteiger partial charge in [-0.2, -0.15) is 0 Å². The molecule has 0 bridgehead atoms. The number of carbonyl (C=O) groups is 2. The van der Waals surface area contributed by atoms with Crippen molar-refractivity contribution in [2.24, 2.45) is 0 Å². The Hall–Kier alpha value is -3.00. The molecule has 0 aromatic heterocycles. The summed E-state index contributed by atoms with van der Waals surface area (Å²) in [6.07, 6.45) is 0.810. The second-order valence-electron chi connectivity index (χ2n) is 4.98. The quantitative estimate of drug-likeness (QED) is 0.526. The largest absolute Gasteiger partial charge is 0.298 e. The molecule has 0 spiro atoms. The Morgan fingerprint density at radius 2 is 1.36 bits per heavy atom. The molecule has 2 nitrogen and oxygen atoms in total. The minimum absolute atomic E-state index is 0.00401. The van der Waals surface area contributed by atoms with Crippen LogP contribution in [0.25, 0.3) is 11.1 Å². The van der Waals surface area contributed by atoms with Crippen molar-refractivity contribution in [1.29, 1.82) is 0 Å². The molecule has 0 saturated carbocycles. The Balaban J connectivity index is 2.06. The molecule has 3 rings (SSSR count). The third-order valence-electron chi connectivity index (χ3n) is 3.57. The smallest absolute Gasteiger partial charge is 0.193 e. The molecule has 3 aromatic rings. The predicted molar refractivity (Wildman–Crippen MR) is 87.1 cm³/mol. The van der Waals surface area contributed by atoms with E-state index in [2.05, 4.69) is 0 Å². The van der Waals surface area contributed by atoms with E-state index in [1.54, 1.807) is 12.1 Å². The molecule has 0 fully saturated rings. The first-order valence-electron chi connectivity index (χ1n) is 7.04. The molecule has 0 amide bonds. The van der Waals surface area contributed by atoms with Crippen LogP contribution in [0.5, 0.6) is 0 Å². The van der Waals surface area contributed by atoms with Gasteiger partial charge in [-0.3, -0.25) is 9.59 Å². The minimum Gasteiger partial charge on any atom is -0.298 e. The van der Waals surface area contributed by atoms with E-state index in [1.807, 2.05) is 66.7 Å². The molecular weight excluding hydrogens is 272 g/mol. The summed E-state index contributed by atoms with van der Waals surface area (Å²) in [6.45, 7) is 0. The van der Waals surface area contributed by atoms with Gasteiger partial charge in [0.05, 0.1) is 0 Å². The number of hydrogen-bond donors (Lipinski definition) is 0. The van der Waals surface area contributed by atoms with Crippen molar-refractivity contribution < 1.29 is 9.59 Å². The van der Waals surface area contributed by atoms with E-state index in [0.29, 0.717) is 16.7 Å². The fourth-order valence-corrected chi connectivity index (χ4v) is 2.42. The van der Waals surface area contributed by atoms with Crippen molar-refractivity contribution in [2.45, 2.75) is 0 Å². The van der Waals surface area contributed by atoms with Gasteiger partial charge in [-0.1, -0.05) is 78.9 Å². The number of rotatable bonds is 4. The first-order chi connectivity index (χ1) is 10.8. The van der Waals surface area contributed by atoms with Crippen molar-refractivity contribution in [2.75, 3.05) is 0 Å². The Morgan fingerprint density at radius 3 is 2.05 bits per heavy atom. The molecule has 2 heteroatoms. The van der Waals surface area contributed by atoms with E-state index >= 15 is 0 Å². The lowest BCUT2D eigenvalue weighted by atomic mass is 9.93. The molecule has 3 aromatic carbocycles. The maximum Gasteiger partial charge on any atom is 0.193 e. The van der Waals surface area contributed by atoms with Crippen LogP contribution in [-0.2, 0) is 0 Å². The van der Waals surface area contributed by atoms with E-state index in [1.165, 1.54) is 0 Å². The van der Waals surface area contributed by atoms with Crippen molar-refractivity contribution in [1.82, 2.24) is 0 Å². The molecule has 0 saturated heterocycles. The van der Waals surface area contributed by atoms with Gasteiger partial charge in [-0.15, -0.1) is 0 Å². The maximum absolute atomic E-state index is 12.7. The Kier molecular flexibility index (Phi) is 3.92. The van der Waals surface area contributed by atoms with Gasteiger partial charge in [0.2, 0.25) is 0 Å². The second kappa shape index (κ2) is 6.19. The highest BCUT2D eigenvalue weighted by atomic mass is 16.1. The Labute approximate surface area is 129 Å². The average molecular weight is 286 g/mol. The fourth-order valence-electron chi connectivity index (χ4n) is 2.42. The van der Waals surface area contributed by atoms with Crippen LogP contribution < -0.4 is 0 Å². The summed E-state index contributed by atoms with van der Waals surface area (Å²) < 4.78 is 0. The molecule has 0 N–H and O–H groups in total. The van der Waals surface area contributed by atoms with Crippen LogP contribution in [0.1, 0.15) is 26.3 Å². The van der Waals surface area contributed by atoms with Gasteiger partial charge in [0, 0.05) is 16.7 Å². The summed E-state index contributed by atoms with van der Waals surface area (Å²) >= 11 is 0. The number of hydrogen-bond acceptors (Lipinski definition) is 2. The van der Waals surface area contributed by atoms with Gasteiger partial charge in [0.15, 0.2) is 5.78 Å². The molecule has 106 valence electrons. The molecule has 0 heterocycles. The van der Waals surface area contributed by atoms with Crippen molar-refractivity contribution in [3.8, 4) is 11.1 Å². The number of carbonyl (C=O) groups excluding carboxylic acids is 2. The number of ketones is 1. The Morgan fingerprint density at radius 1 is 0.727 bits per heavy atom. The maximum atomic E-state index is 12.7. The van der Waals surface area contributed by atoms with Gasteiger partial charge in [0.25, 0.3) is 0 Å². The van der Waals surface area contributed by atoms with Gasteiger partial charge >= 0.3 is 0 Å². The molecule has 0 atom stereocenters. The fraction of sp³-hybridized carbons (Fsp3) is 0. The lowest BCUT2D eigenvalue weighted by Crippen LogP contribution is -2.03. The average Bonchev–Trinajstić information content (AvgIpc) is 2.62. The van der Waals surface area contributed by atoms with Crippen LogP contribution in [0.2, 0.25) is 0 Å². The van der Waals surface area contributed by atoms with Gasteiger partial charge < -0.3 is 0 Å². The summed E-state index contributed by atoms with van der Waals surface area (Å²) in [5, 5.41) is 0. The van der Waals surface area contributed by atoms with Crippen molar-refractivity contribution in [3.05, 3.63) is 95.6 Å². The first-order valence-corrected chi connectivity index (χ1v) is 7.04. The van der Waals surface area contributed by atoms with E-state index in [9.17, 15) is 9.59 Å². The monoisotopic (exact) mass is 286 g/mol. The molecule has 0 radical (unpaired) electrons. The minimum atomic E-state index is -0.00401. The molecule has 0 aliphatic heterocycles. The summed E-state index contributed by atoms with van der Waals surface area (Å²) in [6, 6.07) is 24.0. The highest BCUT2D eigenvalue weighted by molar-refractivity contribution is 6.12. The van der Waals surface area contributed by atoms with Crippen LogP contribution in [0.15, 0.2) is 78.9 Å². The molecular formula is C20H14O2. The lowest BCUT2D eigenvalue weighted by molar-refractivity contribution is 0.103. The summed E-state index contributed by atoms with van der Waals surface area (Å²) in [5.74, 6) is -0.00401. The standard InChI is InChI=1S/C20H14O2/c21-14-15-10-12-16(13-11-15)18-8-4-5-9-19(18)20(22)17-6-2-1-3-7-17/h1-14H. The van der Waals surface area contributed by atoms with Gasteiger partial charge in [-0.05, 0) is 11.1 Å². The highest BCUT2D eigenvalue weighted by Gasteiger charge is 2.13. The second-order valence-corrected chi connectivity index (χ2v) is 4.98. The summed E-state index contributed by atoms with van der Waals surface area (Å²) in [4.78, 5) is 23.5. The SMILES string of the molecule is O=Cc1ccc(-c2ccccc2C(=O)c2ccccc2)cc1. The molecule has 0 aliphatic rings. The van der Waals surface area contributed by atoms with Crippen LogP contribution >= 0.6 is 0 Å². The van der Waals surface area contributed by atoms with E-state index in [-0.39, 0.29) is 5.78 Å². The number of aldehydes is 1. The summed E-state index contributed by atoms with van der Waals surface area (Å²) in [5.41, 5.74) is 3.74. The highest BCUT2D eigenvalue weighted by Crippen LogP contribution is 2.26. The van der Waals surface area contributed by atoms with Crippen molar-refractivity contribution >= 4 is 12.1 Å². The lowest BCUT2D eigenvalue weighted by Gasteiger charge is -2.09. The van der Waals surface area contributed by atoms with Crippen LogP contribution in [0, 0.1) is 0 Å². The Bertz CT molecular complexity index is 803. The van der Waals surface area contributed by atoms with Gasteiger partial charge in [-0.25, -0.2) is 0 Å². The van der Waals surface area contributed by atoms with E-state index in [0.717, 1.165) is 17.4 Å². The molecule has 22 heavy (non-hydrogen) atoms. The molecule has 0 unspecified atom stereocenters. The third-order valence-corrected chi connectivity index (χ3v) is 3.57. The molecule has 0 aliphatic carbocycles. The third kappa shape index (κ3) is 2.72. The van der Waals surface area contributed by atoms with E-state index < -0.39 is 0 Å². The van der Waals surface area contributed by atoms with Crippen LogP contribution in [0.4, 0.5) is 0 Å². The normalized spacial score (nSPS) is 10.2. The first kappa shape index (κ1) is 14.0.